The number of ether oxygens (including phenoxy) is 3. The molecule has 0 saturated heterocycles. The number of nitrogens with zero attached hydrogens (tertiary/aromatic N) is 2. The summed E-state index contributed by atoms with van der Waals surface area (Å²) in [5, 5.41) is 2.69. The van der Waals surface area contributed by atoms with Gasteiger partial charge in [0, 0.05) is 18.8 Å². The smallest absolute Gasteiger partial charge is 0.277 e. The lowest BCUT2D eigenvalue weighted by atomic mass is 10.1. The molecule has 3 aromatic carbocycles. The number of oxazole rings is 1. The Kier molecular flexibility index (Phi) is 7.32. The second kappa shape index (κ2) is 11.1. The first-order chi connectivity index (χ1) is 18.1. The Morgan fingerprint density at radius 3 is 2.49 bits per heavy atom. The Morgan fingerprint density at radius 1 is 0.973 bits per heavy atom. The molecule has 4 aromatic rings. The Bertz CT molecular complexity index is 1360. The summed E-state index contributed by atoms with van der Waals surface area (Å²) in [5.74, 6) is 1.85. The van der Waals surface area contributed by atoms with Gasteiger partial charge in [0.15, 0.2) is 17.2 Å². The highest BCUT2D eigenvalue weighted by Gasteiger charge is 2.18. The number of fused-ring (bicyclic) bond motifs is 1. The third-order valence-electron chi connectivity index (χ3n) is 5.73. The molecule has 1 N–H and O–H groups in total. The van der Waals surface area contributed by atoms with E-state index in [1.807, 2.05) is 49.4 Å². The van der Waals surface area contributed by atoms with E-state index in [2.05, 4.69) is 15.2 Å². The average Bonchev–Trinajstić information content (AvgIpc) is 3.56. The van der Waals surface area contributed by atoms with Gasteiger partial charge in [-0.3, -0.25) is 9.69 Å². The van der Waals surface area contributed by atoms with E-state index in [9.17, 15) is 9.18 Å². The number of hydrogen-bond donors (Lipinski definition) is 1. The Morgan fingerprint density at radius 2 is 1.70 bits per heavy atom. The van der Waals surface area contributed by atoms with Crippen molar-refractivity contribution < 1.29 is 27.8 Å². The molecule has 0 fully saturated rings. The first-order valence-corrected chi connectivity index (χ1v) is 11.9. The molecule has 1 aliphatic heterocycles. The van der Waals surface area contributed by atoms with Crippen molar-refractivity contribution in [3.63, 3.8) is 0 Å². The zero-order chi connectivity index (χ0) is 25.6. The number of halogens is 1. The van der Waals surface area contributed by atoms with Crippen LogP contribution < -0.4 is 19.5 Å². The second-order valence-corrected chi connectivity index (χ2v) is 8.50. The fourth-order valence-corrected chi connectivity index (χ4v) is 3.99. The van der Waals surface area contributed by atoms with Gasteiger partial charge in [0.2, 0.25) is 12.7 Å². The number of carbonyl (C=O) groups excluding carboxylic acids is 1. The predicted octanol–water partition coefficient (Wildman–Crippen LogP) is 5.40. The third kappa shape index (κ3) is 6.25. The predicted molar refractivity (Wildman–Crippen MR) is 134 cm³/mol. The van der Waals surface area contributed by atoms with Crippen LogP contribution in [-0.2, 0) is 19.6 Å². The fraction of sp³-hybridized carbons (Fsp3) is 0.214. The molecule has 1 amide bonds. The highest BCUT2D eigenvalue weighted by atomic mass is 19.1. The molecule has 0 radical (unpaired) electrons. The zero-order valence-corrected chi connectivity index (χ0v) is 20.3. The largest absolute Gasteiger partial charge is 0.494 e. The van der Waals surface area contributed by atoms with Crippen LogP contribution in [0.25, 0.3) is 0 Å². The maximum absolute atomic E-state index is 13.1. The van der Waals surface area contributed by atoms with E-state index >= 15 is 0 Å². The lowest BCUT2D eigenvalue weighted by molar-refractivity contribution is 0.102. The molecular formula is C28H26FN3O5. The molecule has 0 saturated carbocycles. The standard InChI is InChI=1S/C28H26FN3O5/c1-2-34-23-10-3-19(4-11-23)14-32(15-20-5-12-25-26(13-20)37-18-36-25)16-27-31-24(17-35-27)28(33)30-22-8-6-21(29)7-9-22/h3-13,17H,2,14-16,18H2,1H3,(H,30,33). The zero-order valence-electron chi connectivity index (χ0n) is 20.3. The quantitative estimate of drug-likeness (QED) is 0.310. The molecular weight excluding hydrogens is 477 g/mol. The number of nitrogens with one attached hydrogen (secondary N) is 1. The molecule has 8 nitrogen and oxygen atoms in total. The van der Waals surface area contributed by atoms with Gasteiger partial charge >= 0.3 is 0 Å². The van der Waals surface area contributed by atoms with E-state index in [1.165, 1.54) is 30.5 Å². The van der Waals surface area contributed by atoms with Crippen molar-refractivity contribution >= 4 is 11.6 Å². The third-order valence-corrected chi connectivity index (χ3v) is 5.73. The molecule has 190 valence electrons. The van der Waals surface area contributed by atoms with Gasteiger partial charge in [0.05, 0.1) is 13.2 Å². The van der Waals surface area contributed by atoms with Crippen LogP contribution in [0, 0.1) is 5.82 Å². The van der Waals surface area contributed by atoms with Gasteiger partial charge in [-0.2, -0.15) is 0 Å². The molecule has 37 heavy (non-hydrogen) atoms. The summed E-state index contributed by atoms with van der Waals surface area (Å²) < 4.78 is 35.3. The van der Waals surface area contributed by atoms with Crippen molar-refractivity contribution in [2.75, 3.05) is 18.7 Å². The van der Waals surface area contributed by atoms with Crippen molar-refractivity contribution in [1.82, 2.24) is 9.88 Å². The lowest BCUT2D eigenvalue weighted by Crippen LogP contribution is -2.23. The highest BCUT2D eigenvalue weighted by molar-refractivity contribution is 6.02. The van der Waals surface area contributed by atoms with Crippen molar-refractivity contribution in [2.24, 2.45) is 0 Å². The van der Waals surface area contributed by atoms with Crippen molar-refractivity contribution in [2.45, 2.75) is 26.6 Å². The fourth-order valence-electron chi connectivity index (χ4n) is 3.99. The van der Waals surface area contributed by atoms with E-state index in [4.69, 9.17) is 18.6 Å². The summed E-state index contributed by atoms with van der Waals surface area (Å²) in [6.07, 6.45) is 1.32. The molecule has 0 aliphatic carbocycles. The number of amides is 1. The second-order valence-electron chi connectivity index (χ2n) is 8.50. The van der Waals surface area contributed by atoms with Crippen LogP contribution in [0.1, 0.15) is 34.4 Å². The number of benzene rings is 3. The van der Waals surface area contributed by atoms with Crippen molar-refractivity contribution in [3.05, 3.63) is 102 Å². The molecule has 9 heteroatoms. The monoisotopic (exact) mass is 503 g/mol. The first kappa shape index (κ1) is 24.3. The molecule has 0 unspecified atom stereocenters. The van der Waals surface area contributed by atoms with E-state index in [1.54, 1.807) is 0 Å². The van der Waals surface area contributed by atoms with Crippen LogP contribution >= 0.6 is 0 Å². The summed E-state index contributed by atoms with van der Waals surface area (Å²) >= 11 is 0. The molecule has 2 heterocycles. The van der Waals surface area contributed by atoms with Crippen LogP contribution in [0.4, 0.5) is 10.1 Å². The molecule has 5 rings (SSSR count). The maximum atomic E-state index is 13.1. The Balaban J connectivity index is 1.30. The van der Waals surface area contributed by atoms with Crippen molar-refractivity contribution in [3.8, 4) is 17.2 Å². The summed E-state index contributed by atoms with van der Waals surface area (Å²) in [6, 6.07) is 19.3. The summed E-state index contributed by atoms with van der Waals surface area (Å²) in [4.78, 5) is 19.1. The number of anilines is 1. The number of carbonyl (C=O) groups is 1. The first-order valence-electron chi connectivity index (χ1n) is 11.9. The van der Waals surface area contributed by atoms with Gasteiger partial charge in [-0.15, -0.1) is 0 Å². The van der Waals surface area contributed by atoms with Crippen LogP contribution in [0.5, 0.6) is 17.2 Å². The van der Waals surface area contributed by atoms with E-state index in [-0.39, 0.29) is 18.3 Å². The normalized spacial score (nSPS) is 12.1. The SMILES string of the molecule is CCOc1ccc(CN(Cc2ccc3c(c2)OCO3)Cc2nc(C(=O)Nc3ccc(F)cc3)co2)cc1. The minimum absolute atomic E-state index is 0.142. The van der Waals surface area contributed by atoms with Gasteiger partial charge in [-0.25, -0.2) is 9.37 Å². The van der Waals surface area contributed by atoms with E-state index in [0.717, 1.165) is 28.4 Å². The number of rotatable bonds is 10. The average molecular weight is 504 g/mol. The minimum atomic E-state index is -0.435. The van der Waals surface area contributed by atoms with Gasteiger partial charge in [0.1, 0.15) is 17.8 Å². The topological polar surface area (TPSA) is 86.1 Å². The van der Waals surface area contributed by atoms with Gasteiger partial charge in [-0.1, -0.05) is 18.2 Å². The minimum Gasteiger partial charge on any atom is -0.494 e. The molecule has 0 spiro atoms. The van der Waals surface area contributed by atoms with Crippen LogP contribution in [0.3, 0.4) is 0 Å². The molecule has 1 aliphatic rings. The van der Waals surface area contributed by atoms with Crippen LogP contribution in [-0.4, -0.2) is 29.2 Å². The van der Waals surface area contributed by atoms with Gasteiger partial charge in [0.25, 0.3) is 5.91 Å². The van der Waals surface area contributed by atoms with Crippen molar-refractivity contribution in [1.29, 1.82) is 0 Å². The lowest BCUT2D eigenvalue weighted by Gasteiger charge is -2.21. The number of hydrogen-bond acceptors (Lipinski definition) is 7. The summed E-state index contributed by atoms with van der Waals surface area (Å²) in [7, 11) is 0. The van der Waals surface area contributed by atoms with Crippen LogP contribution in [0.2, 0.25) is 0 Å². The Hall–Kier alpha value is -4.37. The van der Waals surface area contributed by atoms with E-state index < -0.39 is 5.91 Å². The molecule has 1 aromatic heterocycles. The highest BCUT2D eigenvalue weighted by Crippen LogP contribution is 2.33. The molecule has 0 atom stereocenters. The summed E-state index contributed by atoms with van der Waals surface area (Å²) in [5.41, 5.74) is 2.74. The maximum Gasteiger partial charge on any atom is 0.277 e. The molecule has 0 bridgehead atoms. The van der Waals surface area contributed by atoms with E-state index in [0.29, 0.717) is 37.8 Å². The Labute approximate surface area is 213 Å². The summed E-state index contributed by atoms with van der Waals surface area (Å²) in [6.45, 7) is 4.34. The van der Waals surface area contributed by atoms with Gasteiger partial charge in [-0.05, 0) is 66.6 Å². The van der Waals surface area contributed by atoms with Crippen LogP contribution in [0.15, 0.2) is 77.4 Å². The van der Waals surface area contributed by atoms with Gasteiger partial charge < -0.3 is 23.9 Å². The number of aromatic nitrogens is 1.